The first-order valence-corrected chi connectivity index (χ1v) is 8.10. The summed E-state index contributed by atoms with van der Waals surface area (Å²) in [5, 5.41) is 0. The molecular weight excluding hydrogens is 326 g/mol. The lowest BCUT2D eigenvalue weighted by atomic mass is 9.96. The van der Waals surface area contributed by atoms with E-state index in [1.54, 1.807) is 0 Å². The zero-order valence-electron chi connectivity index (χ0n) is 12.8. The second-order valence-electron chi connectivity index (χ2n) is 5.42. The number of benzene rings is 2. The van der Waals surface area contributed by atoms with Crippen LogP contribution >= 0.6 is 15.9 Å². The van der Waals surface area contributed by atoms with Gasteiger partial charge < -0.3 is 10.5 Å². The second kappa shape index (κ2) is 7.10. The normalized spacial score (nSPS) is 12.5. The topological polar surface area (TPSA) is 35.2 Å². The molecule has 2 aromatic carbocycles. The van der Waals surface area contributed by atoms with Gasteiger partial charge in [0.1, 0.15) is 5.75 Å². The summed E-state index contributed by atoms with van der Waals surface area (Å²) in [4.78, 5) is 0. The van der Waals surface area contributed by atoms with Gasteiger partial charge in [-0.05, 0) is 57.6 Å². The second-order valence-corrected chi connectivity index (χ2v) is 6.28. The molecule has 2 nitrogen and oxygen atoms in total. The molecule has 0 heterocycles. The Kier molecular flexibility index (Phi) is 5.43. The van der Waals surface area contributed by atoms with Gasteiger partial charge in [-0.15, -0.1) is 0 Å². The fourth-order valence-electron chi connectivity index (χ4n) is 2.26. The molecule has 0 bridgehead atoms. The third-order valence-corrected chi connectivity index (χ3v) is 4.20. The van der Waals surface area contributed by atoms with Crippen LogP contribution in [-0.2, 0) is 0 Å². The van der Waals surface area contributed by atoms with E-state index in [1.165, 1.54) is 5.56 Å². The van der Waals surface area contributed by atoms with Crippen LogP contribution in [0.5, 0.6) is 5.75 Å². The van der Waals surface area contributed by atoms with Crippen molar-refractivity contribution in [1.82, 2.24) is 0 Å². The van der Waals surface area contributed by atoms with Gasteiger partial charge in [0.15, 0.2) is 0 Å². The molecule has 0 aromatic heterocycles. The first kappa shape index (κ1) is 16.1. The molecule has 21 heavy (non-hydrogen) atoms. The summed E-state index contributed by atoms with van der Waals surface area (Å²) in [6.45, 7) is 7.01. The van der Waals surface area contributed by atoms with Crippen molar-refractivity contribution in [3.8, 4) is 5.75 Å². The van der Waals surface area contributed by atoms with Gasteiger partial charge in [0, 0.05) is 0 Å². The van der Waals surface area contributed by atoms with E-state index in [4.69, 9.17) is 10.5 Å². The van der Waals surface area contributed by atoms with E-state index in [9.17, 15) is 0 Å². The highest BCUT2D eigenvalue weighted by atomic mass is 79.9. The van der Waals surface area contributed by atoms with Gasteiger partial charge in [-0.25, -0.2) is 0 Å². The van der Waals surface area contributed by atoms with Gasteiger partial charge in [0.05, 0.1) is 17.1 Å². The molecule has 0 aliphatic heterocycles. The van der Waals surface area contributed by atoms with E-state index in [0.29, 0.717) is 12.5 Å². The van der Waals surface area contributed by atoms with Crippen molar-refractivity contribution < 1.29 is 4.74 Å². The minimum absolute atomic E-state index is 0.127. The maximum Gasteiger partial charge on any atom is 0.133 e. The van der Waals surface area contributed by atoms with E-state index in [0.717, 1.165) is 21.3 Å². The fourth-order valence-corrected chi connectivity index (χ4v) is 2.77. The van der Waals surface area contributed by atoms with Crippen molar-refractivity contribution in [3.05, 3.63) is 63.6 Å². The largest absolute Gasteiger partial charge is 0.493 e. The average Bonchev–Trinajstić information content (AvgIpc) is 2.49. The van der Waals surface area contributed by atoms with Crippen molar-refractivity contribution >= 4 is 15.9 Å². The Morgan fingerprint density at radius 1 is 1.00 bits per heavy atom. The van der Waals surface area contributed by atoms with Crippen molar-refractivity contribution in [2.24, 2.45) is 5.73 Å². The summed E-state index contributed by atoms with van der Waals surface area (Å²) >= 11 is 3.54. The lowest BCUT2D eigenvalue weighted by Gasteiger charge is -2.15. The van der Waals surface area contributed by atoms with Crippen molar-refractivity contribution in [1.29, 1.82) is 0 Å². The van der Waals surface area contributed by atoms with E-state index in [-0.39, 0.29) is 6.04 Å². The Morgan fingerprint density at radius 2 is 1.57 bits per heavy atom. The molecule has 2 rings (SSSR count). The molecular formula is C18H22BrNO. The minimum Gasteiger partial charge on any atom is -0.493 e. The van der Waals surface area contributed by atoms with Crippen LogP contribution in [-0.4, -0.2) is 6.61 Å². The Balaban J connectivity index is 2.23. The molecule has 0 spiro atoms. The summed E-state index contributed by atoms with van der Waals surface area (Å²) in [6, 6.07) is 14.4. The lowest BCUT2D eigenvalue weighted by molar-refractivity contribution is 0.338. The van der Waals surface area contributed by atoms with Crippen LogP contribution in [0.3, 0.4) is 0 Å². The van der Waals surface area contributed by atoms with Gasteiger partial charge in [0.25, 0.3) is 0 Å². The standard InChI is InChI=1S/C18H22BrNO/c1-4-21-17-10-9-15(11-16(17)19)18(20)14-7-5-13(6-8-14)12(2)3/h5-12,18H,4,20H2,1-3H3. The molecule has 0 radical (unpaired) electrons. The Bertz CT molecular complexity index is 593. The summed E-state index contributed by atoms with van der Waals surface area (Å²) in [7, 11) is 0. The van der Waals surface area contributed by atoms with Gasteiger partial charge in [-0.1, -0.05) is 44.2 Å². The maximum atomic E-state index is 6.37. The van der Waals surface area contributed by atoms with Crippen LogP contribution in [0.25, 0.3) is 0 Å². The molecule has 2 aromatic rings. The number of rotatable bonds is 5. The minimum atomic E-state index is -0.127. The molecule has 2 N–H and O–H groups in total. The Labute approximate surface area is 135 Å². The summed E-state index contributed by atoms with van der Waals surface area (Å²) in [5.41, 5.74) is 9.90. The molecule has 0 amide bonds. The quantitative estimate of drug-likeness (QED) is 0.823. The van der Waals surface area contributed by atoms with Crippen LogP contribution in [0.2, 0.25) is 0 Å². The number of hydrogen-bond acceptors (Lipinski definition) is 2. The van der Waals surface area contributed by atoms with Crippen LogP contribution in [0.4, 0.5) is 0 Å². The van der Waals surface area contributed by atoms with E-state index in [2.05, 4.69) is 54.0 Å². The molecule has 0 aliphatic carbocycles. The first-order valence-electron chi connectivity index (χ1n) is 7.30. The van der Waals surface area contributed by atoms with Crippen molar-refractivity contribution in [3.63, 3.8) is 0 Å². The Morgan fingerprint density at radius 3 is 2.10 bits per heavy atom. The van der Waals surface area contributed by atoms with Gasteiger partial charge in [-0.3, -0.25) is 0 Å². The zero-order valence-corrected chi connectivity index (χ0v) is 14.4. The molecule has 0 fully saturated rings. The molecule has 112 valence electrons. The van der Waals surface area contributed by atoms with E-state index in [1.807, 2.05) is 25.1 Å². The number of halogens is 1. The Hall–Kier alpha value is -1.32. The highest BCUT2D eigenvalue weighted by molar-refractivity contribution is 9.10. The molecule has 1 unspecified atom stereocenters. The smallest absolute Gasteiger partial charge is 0.133 e. The van der Waals surface area contributed by atoms with E-state index >= 15 is 0 Å². The van der Waals surface area contributed by atoms with Crippen LogP contribution in [0.1, 0.15) is 49.4 Å². The monoisotopic (exact) mass is 347 g/mol. The molecule has 0 aliphatic rings. The highest BCUT2D eigenvalue weighted by Crippen LogP contribution is 2.30. The summed E-state index contributed by atoms with van der Waals surface area (Å²) < 4.78 is 6.47. The number of nitrogens with two attached hydrogens (primary N) is 1. The predicted octanol–water partition coefficient (Wildman–Crippen LogP) is 5.02. The van der Waals surface area contributed by atoms with Gasteiger partial charge in [0.2, 0.25) is 0 Å². The maximum absolute atomic E-state index is 6.37. The third-order valence-electron chi connectivity index (χ3n) is 3.58. The summed E-state index contributed by atoms with van der Waals surface area (Å²) in [6.07, 6.45) is 0. The SMILES string of the molecule is CCOc1ccc(C(N)c2ccc(C(C)C)cc2)cc1Br. The average molecular weight is 348 g/mol. The zero-order chi connectivity index (χ0) is 15.4. The van der Waals surface area contributed by atoms with Crippen molar-refractivity contribution in [2.45, 2.75) is 32.7 Å². The summed E-state index contributed by atoms with van der Waals surface area (Å²) in [5.74, 6) is 1.39. The van der Waals surface area contributed by atoms with E-state index < -0.39 is 0 Å². The molecule has 0 saturated carbocycles. The number of hydrogen-bond donors (Lipinski definition) is 1. The highest BCUT2D eigenvalue weighted by Gasteiger charge is 2.11. The van der Waals surface area contributed by atoms with Crippen LogP contribution < -0.4 is 10.5 Å². The van der Waals surface area contributed by atoms with Crippen LogP contribution in [0.15, 0.2) is 46.9 Å². The molecule has 1 atom stereocenters. The van der Waals surface area contributed by atoms with Gasteiger partial charge in [-0.2, -0.15) is 0 Å². The first-order chi connectivity index (χ1) is 10.0. The van der Waals surface area contributed by atoms with Gasteiger partial charge >= 0.3 is 0 Å². The predicted molar refractivity (Wildman–Crippen MR) is 91.9 cm³/mol. The number of ether oxygens (including phenoxy) is 1. The third kappa shape index (κ3) is 3.86. The lowest BCUT2D eigenvalue weighted by Crippen LogP contribution is -2.12. The molecule has 0 saturated heterocycles. The van der Waals surface area contributed by atoms with Crippen LogP contribution in [0, 0.1) is 0 Å². The van der Waals surface area contributed by atoms with Crippen molar-refractivity contribution in [2.75, 3.05) is 6.61 Å². The fraction of sp³-hybridized carbons (Fsp3) is 0.333. The molecule has 3 heteroatoms.